The van der Waals surface area contributed by atoms with E-state index < -0.39 is 0 Å². The van der Waals surface area contributed by atoms with Gasteiger partial charge < -0.3 is 0 Å². The van der Waals surface area contributed by atoms with Crippen molar-refractivity contribution in [3.8, 4) is 0 Å². The second kappa shape index (κ2) is 6.14. The molecule has 0 aliphatic heterocycles. The van der Waals surface area contributed by atoms with Crippen molar-refractivity contribution in [3.63, 3.8) is 0 Å². The Bertz CT molecular complexity index is 359. The number of rotatable bonds is 4. The van der Waals surface area contributed by atoms with Gasteiger partial charge in [-0.2, -0.15) is 0 Å². The zero-order chi connectivity index (χ0) is 11.3. The van der Waals surface area contributed by atoms with Crippen molar-refractivity contribution >= 4 is 23.2 Å². The number of hydrogen-bond donors (Lipinski definition) is 0. The molecule has 3 heteroatoms. The zero-order valence-electron chi connectivity index (χ0n) is 8.56. The van der Waals surface area contributed by atoms with E-state index in [0.717, 1.165) is 18.4 Å². The molecule has 0 amide bonds. The summed E-state index contributed by atoms with van der Waals surface area (Å²) in [4.78, 5) is 0. The van der Waals surface area contributed by atoms with Gasteiger partial charge in [-0.15, -0.1) is 11.6 Å². The van der Waals surface area contributed by atoms with Gasteiger partial charge in [0.25, 0.3) is 0 Å². The molecule has 1 aromatic carbocycles. The molecule has 0 fully saturated rings. The van der Waals surface area contributed by atoms with Gasteiger partial charge in [-0.25, -0.2) is 4.39 Å². The molecule has 0 nitrogen and oxygen atoms in total. The van der Waals surface area contributed by atoms with E-state index >= 15 is 0 Å². The molecule has 0 aromatic heterocycles. The number of hydrogen-bond acceptors (Lipinski definition) is 0. The van der Waals surface area contributed by atoms with E-state index in [1.54, 1.807) is 6.07 Å². The topological polar surface area (TPSA) is 0 Å². The molecular weight excluding hydrogens is 234 g/mol. The molecule has 0 unspecified atom stereocenters. The maximum absolute atomic E-state index is 12.8. The first-order valence-electron chi connectivity index (χ1n) is 4.79. The van der Waals surface area contributed by atoms with E-state index in [0.29, 0.717) is 10.9 Å². The molecule has 0 atom stereocenters. The number of allylic oxidation sites excluding steroid dienone is 2. The third-order valence-electron chi connectivity index (χ3n) is 2.09. The third-order valence-corrected chi connectivity index (χ3v) is 2.66. The van der Waals surface area contributed by atoms with Crippen LogP contribution in [0.2, 0.25) is 5.02 Å². The summed E-state index contributed by atoms with van der Waals surface area (Å²) in [5, 5.41) is 0.480. The average Bonchev–Trinajstić information content (AvgIpc) is 2.19. The van der Waals surface area contributed by atoms with E-state index in [1.807, 2.05) is 6.92 Å². The van der Waals surface area contributed by atoms with Crippen LogP contribution in [-0.2, 0) is 6.42 Å². The summed E-state index contributed by atoms with van der Waals surface area (Å²) in [7, 11) is 0. The Morgan fingerprint density at radius 3 is 2.80 bits per heavy atom. The Kier molecular flexibility index (Phi) is 5.13. The van der Waals surface area contributed by atoms with Crippen LogP contribution in [-0.4, -0.2) is 5.88 Å². The van der Waals surface area contributed by atoms with Crippen LogP contribution in [0.4, 0.5) is 4.39 Å². The minimum Gasteiger partial charge on any atom is -0.207 e. The van der Waals surface area contributed by atoms with Crippen molar-refractivity contribution in [2.75, 3.05) is 5.88 Å². The standard InChI is InChI=1S/C12H13Cl2F/c1-9(3-2-6-13)7-10-4-5-11(15)8-12(10)14/h3-5,8H,2,6-7H2,1H3. The van der Waals surface area contributed by atoms with Crippen molar-refractivity contribution in [1.29, 1.82) is 0 Å². The molecule has 0 spiro atoms. The molecular formula is C12H13Cl2F. The summed E-state index contributed by atoms with van der Waals surface area (Å²) in [5.74, 6) is 0.320. The predicted octanol–water partition coefficient (Wildman–Crippen LogP) is 4.60. The molecule has 0 aliphatic rings. The van der Waals surface area contributed by atoms with Crippen LogP contribution in [0.1, 0.15) is 18.9 Å². The van der Waals surface area contributed by atoms with Gasteiger partial charge in [-0.05, 0) is 37.5 Å². The second-order valence-corrected chi connectivity index (χ2v) is 4.23. The van der Waals surface area contributed by atoms with E-state index in [9.17, 15) is 4.39 Å². The molecule has 0 radical (unpaired) electrons. The molecule has 0 aliphatic carbocycles. The van der Waals surface area contributed by atoms with Crippen molar-refractivity contribution in [3.05, 3.63) is 46.3 Å². The normalized spacial score (nSPS) is 11.9. The maximum atomic E-state index is 12.8. The highest BCUT2D eigenvalue weighted by molar-refractivity contribution is 6.31. The van der Waals surface area contributed by atoms with Gasteiger partial charge >= 0.3 is 0 Å². The van der Waals surface area contributed by atoms with Gasteiger partial charge in [0.15, 0.2) is 0 Å². The van der Waals surface area contributed by atoms with Gasteiger partial charge in [-0.3, -0.25) is 0 Å². The summed E-state index contributed by atoms with van der Waals surface area (Å²) >= 11 is 11.5. The highest BCUT2D eigenvalue weighted by Crippen LogP contribution is 2.20. The van der Waals surface area contributed by atoms with Crippen LogP contribution >= 0.6 is 23.2 Å². The van der Waals surface area contributed by atoms with Gasteiger partial charge in [-0.1, -0.05) is 29.3 Å². The minimum absolute atomic E-state index is 0.300. The van der Waals surface area contributed by atoms with Gasteiger partial charge in [0.2, 0.25) is 0 Å². The fraction of sp³-hybridized carbons (Fsp3) is 0.333. The van der Waals surface area contributed by atoms with Crippen LogP contribution < -0.4 is 0 Å². The van der Waals surface area contributed by atoms with Crippen LogP contribution in [0, 0.1) is 5.82 Å². The number of benzene rings is 1. The SMILES string of the molecule is CC(=CCCCl)Cc1ccc(F)cc1Cl. The summed E-state index contributed by atoms with van der Waals surface area (Å²) < 4.78 is 12.8. The largest absolute Gasteiger partial charge is 0.207 e. The number of halogens is 3. The Morgan fingerprint density at radius 1 is 1.47 bits per heavy atom. The first-order chi connectivity index (χ1) is 7.13. The van der Waals surface area contributed by atoms with Gasteiger partial charge in [0.05, 0.1) is 0 Å². The Balaban J connectivity index is 2.72. The first kappa shape index (κ1) is 12.5. The molecule has 0 saturated heterocycles. The van der Waals surface area contributed by atoms with E-state index in [4.69, 9.17) is 23.2 Å². The molecule has 0 N–H and O–H groups in total. The monoisotopic (exact) mass is 246 g/mol. The lowest BCUT2D eigenvalue weighted by molar-refractivity contribution is 0.627. The highest BCUT2D eigenvalue weighted by Gasteiger charge is 2.02. The zero-order valence-corrected chi connectivity index (χ0v) is 10.1. The minimum atomic E-state index is -0.300. The maximum Gasteiger partial charge on any atom is 0.124 e. The molecule has 1 aromatic rings. The quantitative estimate of drug-likeness (QED) is 0.539. The lowest BCUT2D eigenvalue weighted by Crippen LogP contribution is -1.90. The summed E-state index contributed by atoms with van der Waals surface area (Å²) in [6.07, 6.45) is 3.68. The van der Waals surface area contributed by atoms with Crippen molar-refractivity contribution in [2.24, 2.45) is 0 Å². The van der Waals surface area contributed by atoms with Crippen LogP contribution in [0.5, 0.6) is 0 Å². The average molecular weight is 247 g/mol. The van der Waals surface area contributed by atoms with E-state index in [2.05, 4.69) is 6.08 Å². The van der Waals surface area contributed by atoms with E-state index in [-0.39, 0.29) is 5.82 Å². The molecule has 82 valence electrons. The van der Waals surface area contributed by atoms with E-state index in [1.165, 1.54) is 17.7 Å². The molecule has 1 rings (SSSR count). The third kappa shape index (κ3) is 4.23. The van der Waals surface area contributed by atoms with Crippen molar-refractivity contribution in [1.82, 2.24) is 0 Å². The number of alkyl halides is 1. The fourth-order valence-corrected chi connectivity index (χ4v) is 1.68. The lowest BCUT2D eigenvalue weighted by atomic mass is 10.1. The van der Waals surface area contributed by atoms with Crippen LogP contribution in [0.15, 0.2) is 29.8 Å². The van der Waals surface area contributed by atoms with Gasteiger partial charge in [0.1, 0.15) is 5.82 Å². The smallest absolute Gasteiger partial charge is 0.124 e. The summed E-state index contributed by atoms with van der Waals surface area (Å²) in [6.45, 7) is 2.02. The Labute approximate surface area is 99.7 Å². The van der Waals surface area contributed by atoms with Crippen LogP contribution in [0.3, 0.4) is 0 Å². The Hall–Kier alpha value is -0.530. The molecule has 15 heavy (non-hydrogen) atoms. The lowest BCUT2D eigenvalue weighted by Gasteiger charge is -2.04. The Morgan fingerprint density at radius 2 is 2.20 bits per heavy atom. The van der Waals surface area contributed by atoms with Gasteiger partial charge in [0, 0.05) is 10.9 Å². The highest BCUT2D eigenvalue weighted by atomic mass is 35.5. The molecule has 0 saturated carbocycles. The van der Waals surface area contributed by atoms with Crippen LogP contribution in [0.25, 0.3) is 0 Å². The predicted molar refractivity (Wildman–Crippen MR) is 64.2 cm³/mol. The molecule has 0 heterocycles. The van der Waals surface area contributed by atoms with Crippen molar-refractivity contribution < 1.29 is 4.39 Å². The van der Waals surface area contributed by atoms with Crippen molar-refractivity contribution in [2.45, 2.75) is 19.8 Å². The first-order valence-corrected chi connectivity index (χ1v) is 5.70. The fourth-order valence-electron chi connectivity index (χ4n) is 1.34. The second-order valence-electron chi connectivity index (χ2n) is 3.44. The molecule has 0 bridgehead atoms. The summed E-state index contributed by atoms with van der Waals surface area (Å²) in [5.41, 5.74) is 2.14. The summed E-state index contributed by atoms with van der Waals surface area (Å²) in [6, 6.07) is 4.48.